The lowest BCUT2D eigenvalue weighted by Crippen LogP contribution is -2.50. The van der Waals surface area contributed by atoms with Gasteiger partial charge >= 0.3 is 0 Å². The molecule has 1 atom stereocenters. The van der Waals surface area contributed by atoms with Crippen molar-refractivity contribution in [2.45, 2.75) is 10.9 Å². The van der Waals surface area contributed by atoms with E-state index in [0.717, 1.165) is 5.56 Å². The van der Waals surface area contributed by atoms with Crippen molar-refractivity contribution in [3.05, 3.63) is 84.4 Å². The molecule has 0 aliphatic carbocycles. The van der Waals surface area contributed by atoms with Gasteiger partial charge in [-0.05, 0) is 48.0 Å². The number of piperazine rings is 1. The molecular weight excluding hydrogens is 443 g/mol. The van der Waals surface area contributed by atoms with Crippen LogP contribution in [0.4, 0.5) is 10.1 Å². The zero-order valence-electron chi connectivity index (χ0n) is 18.4. The van der Waals surface area contributed by atoms with E-state index in [1.807, 2.05) is 23.1 Å². The molecule has 1 N–H and O–H groups in total. The zero-order chi connectivity index (χ0) is 23.3. The number of rotatable bonds is 8. The molecule has 1 saturated heterocycles. The molecule has 7 nitrogen and oxygen atoms in total. The van der Waals surface area contributed by atoms with Crippen molar-refractivity contribution in [1.29, 1.82) is 0 Å². The summed E-state index contributed by atoms with van der Waals surface area (Å²) in [7, 11) is -2.17. The summed E-state index contributed by atoms with van der Waals surface area (Å²) < 4.78 is 47.8. The van der Waals surface area contributed by atoms with Gasteiger partial charge in [-0.2, -0.15) is 0 Å². The summed E-state index contributed by atoms with van der Waals surface area (Å²) in [6.45, 7) is 2.81. The number of hydrogen-bond acceptors (Lipinski definition) is 6. The Balaban J connectivity index is 1.48. The highest BCUT2D eigenvalue weighted by atomic mass is 32.2. The molecule has 0 radical (unpaired) electrons. The Labute approximate surface area is 193 Å². The first kappa shape index (κ1) is 23.2. The number of nitrogens with one attached hydrogen (secondary N) is 1. The van der Waals surface area contributed by atoms with E-state index in [0.29, 0.717) is 37.6 Å². The van der Waals surface area contributed by atoms with Crippen LogP contribution in [-0.2, 0) is 10.0 Å². The summed E-state index contributed by atoms with van der Waals surface area (Å²) in [5, 5.41) is 0. The van der Waals surface area contributed by atoms with Gasteiger partial charge in [0.2, 0.25) is 10.0 Å². The van der Waals surface area contributed by atoms with Gasteiger partial charge in [0.25, 0.3) is 0 Å². The van der Waals surface area contributed by atoms with Crippen LogP contribution in [0.5, 0.6) is 5.75 Å². The van der Waals surface area contributed by atoms with Crippen LogP contribution >= 0.6 is 0 Å². The molecule has 1 aliphatic heterocycles. The minimum Gasteiger partial charge on any atom is -0.497 e. The maximum Gasteiger partial charge on any atom is 0.240 e. The summed E-state index contributed by atoms with van der Waals surface area (Å²) in [5.41, 5.74) is 1.52. The predicted molar refractivity (Wildman–Crippen MR) is 125 cm³/mol. The number of sulfonamides is 1. The first-order chi connectivity index (χ1) is 16.0. The van der Waals surface area contributed by atoms with Gasteiger partial charge in [-0.25, -0.2) is 17.5 Å². The van der Waals surface area contributed by atoms with Crippen molar-refractivity contribution in [1.82, 2.24) is 14.6 Å². The van der Waals surface area contributed by atoms with Crippen LogP contribution in [-0.4, -0.2) is 58.1 Å². The second-order valence-electron chi connectivity index (χ2n) is 7.80. The predicted octanol–water partition coefficient (Wildman–Crippen LogP) is 3.07. The van der Waals surface area contributed by atoms with Gasteiger partial charge in [0.05, 0.1) is 23.7 Å². The van der Waals surface area contributed by atoms with Crippen LogP contribution in [0.25, 0.3) is 0 Å². The van der Waals surface area contributed by atoms with Crippen LogP contribution in [0.15, 0.2) is 78.0 Å². The highest BCUT2D eigenvalue weighted by Gasteiger charge is 2.28. The van der Waals surface area contributed by atoms with Crippen molar-refractivity contribution in [3.63, 3.8) is 0 Å². The summed E-state index contributed by atoms with van der Waals surface area (Å²) in [5.74, 6) is 0.358. The highest BCUT2D eigenvalue weighted by Crippen LogP contribution is 2.25. The van der Waals surface area contributed by atoms with Crippen LogP contribution < -0.4 is 14.4 Å². The molecule has 0 saturated carbocycles. The van der Waals surface area contributed by atoms with Gasteiger partial charge < -0.3 is 9.64 Å². The molecule has 1 unspecified atom stereocenters. The lowest BCUT2D eigenvalue weighted by atomic mass is 10.1. The minimum absolute atomic E-state index is 0.178. The van der Waals surface area contributed by atoms with Gasteiger partial charge in [-0.15, -0.1) is 0 Å². The van der Waals surface area contributed by atoms with Crippen molar-refractivity contribution >= 4 is 15.7 Å². The molecule has 2 heterocycles. The van der Waals surface area contributed by atoms with Gasteiger partial charge in [0.1, 0.15) is 11.6 Å². The Morgan fingerprint density at radius 2 is 1.76 bits per heavy atom. The van der Waals surface area contributed by atoms with Crippen molar-refractivity contribution < 1.29 is 17.5 Å². The number of ether oxygens (including phenoxy) is 1. The minimum atomic E-state index is -3.70. The number of benzene rings is 2. The molecule has 1 aliphatic rings. The lowest BCUT2D eigenvalue weighted by molar-refractivity contribution is 0.186. The first-order valence-corrected chi connectivity index (χ1v) is 12.2. The molecule has 1 fully saturated rings. The molecule has 174 valence electrons. The number of nitrogens with zero attached hydrogens (tertiary/aromatic N) is 3. The molecule has 0 bridgehead atoms. The van der Waals surface area contributed by atoms with Gasteiger partial charge in [0.15, 0.2) is 0 Å². The molecule has 33 heavy (non-hydrogen) atoms. The quantitative estimate of drug-likeness (QED) is 0.546. The van der Waals surface area contributed by atoms with Crippen LogP contribution in [0.2, 0.25) is 0 Å². The summed E-state index contributed by atoms with van der Waals surface area (Å²) in [6.07, 6.45) is 3.45. The lowest BCUT2D eigenvalue weighted by Gasteiger charge is -2.40. The Kier molecular flexibility index (Phi) is 7.22. The Morgan fingerprint density at radius 1 is 1.03 bits per heavy atom. The normalized spacial score (nSPS) is 15.9. The van der Waals surface area contributed by atoms with E-state index in [-0.39, 0.29) is 23.3 Å². The van der Waals surface area contributed by atoms with Crippen molar-refractivity contribution in [2.75, 3.05) is 44.7 Å². The zero-order valence-corrected chi connectivity index (χ0v) is 19.2. The molecule has 3 aromatic rings. The smallest absolute Gasteiger partial charge is 0.240 e. The fraction of sp³-hybridized carbons (Fsp3) is 0.292. The third-order valence-electron chi connectivity index (χ3n) is 5.85. The van der Waals surface area contributed by atoms with E-state index in [4.69, 9.17) is 4.74 Å². The average molecular weight is 471 g/mol. The van der Waals surface area contributed by atoms with Crippen LogP contribution in [0.3, 0.4) is 0 Å². The topological polar surface area (TPSA) is 74.8 Å². The Hall–Kier alpha value is -3.01. The van der Waals surface area contributed by atoms with Crippen LogP contribution in [0.1, 0.15) is 11.6 Å². The van der Waals surface area contributed by atoms with Gasteiger partial charge in [-0.3, -0.25) is 9.88 Å². The van der Waals surface area contributed by atoms with Gasteiger partial charge in [-0.1, -0.05) is 18.2 Å². The maximum absolute atomic E-state index is 14.2. The third-order valence-corrected chi connectivity index (χ3v) is 7.29. The number of halogens is 1. The number of pyridine rings is 1. The summed E-state index contributed by atoms with van der Waals surface area (Å²) in [4.78, 5) is 8.63. The number of hydrogen-bond donors (Lipinski definition) is 1. The second kappa shape index (κ2) is 10.3. The Morgan fingerprint density at radius 3 is 2.39 bits per heavy atom. The van der Waals surface area contributed by atoms with Crippen molar-refractivity contribution in [3.8, 4) is 5.75 Å². The first-order valence-electron chi connectivity index (χ1n) is 10.7. The van der Waals surface area contributed by atoms with Crippen LogP contribution in [0, 0.1) is 5.82 Å². The Bertz CT molecular complexity index is 1150. The van der Waals surface area contributed by atoms with E-state index in [2.05, 4.69) is 14.6 Å². The second-order valence-corrected chi connectivity index (χ2v) is 9.57. The molecular formula is C24H27FN4O3S. The number of aromatic nitrogens is 1. The fourth-order valence-corrected chi connectivity index (χ4v) is 5.08. The van der Waals surface area contributed by atoms with E-state index in [1.54, 1.807) is 36.7 Å². The summed E-state index contributed by atoms with van der Waals surface area (Å²) in [6, 6.07) is 16.6. The molecule has 2 aromatic carbocycles. The number of para-hydroxylation sites is 1. The SMILES string of the molecule is COc1ccc(S(=O)(=O)NCC(c2cccnc2)N2CCN(c3ccccc3F)CC2)cc1. The molecule has 0 spiro atoms. The molecule has 9 heteroatoms. The maximum atomic E-state index is 14.2. The molecule has 4 rings (SSSR count). The van der Waals surface area contributed by atoms with Crippen molar-refractivity contribution in [2.24, 2.45) is 0 Å². The third kappa shape index (κ3) is 5.50. The standard InChI is InChI=1S/C24H27FN4O3S/c1-32-20-8-10-21(11-9-20)33(30,31)27-18-24(19-5-4-12-26-17-19)29-15-13-28(14-16-29)23-7-3-2-6-22(23)25/h2-12,17,24,27H,13-16,18H2,1H3. The van der Waals surface area contributed by atoms with E-state index in [9.17, 15) is 12.8 Å². The van der Waals surface area contributed by atoms with E-state index < -0.39 is 10.0 Å². The average Bonchev–Trinajstić information content (AvgIpc) is 2.85. The molecule has 0 amide bonds. The fourth-order valence-electron chi connectivity index (χ4n) is 4.04. The van der Waals surface area contributed by atoms with E-state index >= 15 is 0 Å². The van der Waals surface area contributed by atoms with E-state index in [1.165, 1.54) is 25.3 Å². The summed E-state index contributed by atoms with van der Waals surface area (Å²) >= 11 is 0. The van der Waals surface area contributed by atoms with Gasteiger partial charge in [0, 0.05) is 45.1 Å². The monoisotopic (exact) mass is 470 g/mol. The highest BCUT2D eigenvalue weighted by molar-refractivity contribution is 7.89. The number of anilines is 1. The number of methoxy groups -OCH3 is 1. The largest absolute Gasteiger partial charge is 0.497 e. The molecule has 1 aromatic heterocycles.